The molecule has 2 rings (SSSR count). The lowest BCUT2D eigenvalue weighted by Gasteiger charge is -2.26. The first kappa shape index (κ1) is 15.3. The first-order valence-corrected chi connectivity index (χ1v) is 7.27. The van der Waals surface area contributed by atoms with Crippen LogP contribution in [0.25, 0.3) is 0 Å². The average Bonchev–Trinajstić information content (AvgIpc) is 3.22. The lowest BCUT2D eigenvalue weighted by atomic mass is 10.2. The molecule has 0 aliphatic heterocycles. The lowest BCUT2D eigenvalue weighted by molar-refractivity contribution is -0.143. The molecule has 0 radical (unpaired) electrons. The van der Waals surface area contributed by atoms with Crippen LogP contribution >= 0.6 is 11.6 Å². The summed E-state index contributed by atoms with van der Waals surface area (Å²) in [4.78, 5) is 14.1. The summed E-state index contributed by atoms with van der Waals surface area (Å²) in [5, 5.41) is 0.354. The molecule has 0 heterocycles. The number of rotatable bonds is 6. The van der Waals surface area contributed by atoms with Crippen molar-refractivity contribution in [2.75, 3.05) is 6.61 Å². The number of nitrogens with zero attached hydrogens (tertiary/aromatic N) is 1. The van der Waals surface area contributed by atoms with E-state index in [-0.39, 0.29) is 24.3 Å². The summed E-state index contributed by atoms with van der Waals surface area (Å²) in [5.74, 6) is -0.478. The second kappa shape index (κ2) is 6.55. The molecule has 1 amide bonds. The van der Waals surface area contributed by atoms with E-state index >= 15 is 0 Å². The molecule has 1 aliphatic rings. The van der Waals surface area contributed by atoms with Crippen molar-refractivity contribution in [3.63, 3.8) is 0 Å². The van der Waals surface area contributed by atoms with E-state index in [0.29, 0.717) is 17.2 Å². The number of carbonyl (C=O) groups is 1. The minimum atomic E-state index is -0.508. The van der Waals surface area contributed by atoms with Crippen molar-refractivity contribution < 1.29 is 13.9 Å². The van der Waals surface area contributed by atoms with Gasteiger partial charge in [0.2, 0.25) is 0 Å². The third kappa shape index (κ3) is 3.49. The van der Waals surface area contributed by atoms with Crippen LogP contribution in [0.5, 0.6) is 0 Å². The zero-order chi connectivity index (χ0) is 14.7. The SMILES string of the molecule is CCO[C@@H](C)C(=O)N(Cc1c(F)cccc1Cl)C1CC1. The maximum absolute atomic E-state index is 13.9. The molecular formula is C15H19ClFNO2. The van der Waals surface area contributed by atoms with Crippen LogP contribution < -0.4 is 0 Å². The standard InChI is InChI=1S/C15H19ClFNO2/c1-3-20-10(2)15(19)18(11-7-8-11)9-12-13(16)5-4-6-14(12)17/h4-6,10-11H,3,7-9H2,1-2H3/t10-/m0/s1. The van der Waals surface area contributed by atoms with Crippen LogP contribution in [0.1, 0.15) is 32.3 Å². The summed E-state index contributed by atoms with van der Waals surface area (Å²) in [7, 11) is 0. The molecule has 1 saturated carbocycles. The molecule has 0 spiro atoms. The number of ether oxygens (including phenoxy) is 1. The van der Waals surface area contributed by atoms with Gasteiger partial charge in [0.25, 0.3) is 5.91 Å². The van der Waals surface area contributed by atoms with Gasteiger partial charge in [-0.3, -0.25) is 4.79 Å². The van der Waals surface area contributed by atoms with Crippen LogP contribution in [-0.2, 0) is 16.1 Å². The van der Waals surface area contributed by atoms with Gasteiger partial charge in [0.05, 0.1) is 6.54 Å². The first-order valence-electron chi connectivity index (χ1n) is 6.89. The Morgan fingerprint density at radius 3 is 2.80 bits per heavy atom. The van der Waals surface area contributed by atoms with Gasteiger partial charge in [0, 0.05) is 23.2 Å². The van der Waals surface area contributed by atoms with Crippen LogP contribution in [0.15, 0.2) is 18.2 Å². The number of carbonyl (C=O) groups excluding carboxylic acids is 1. The molecule has 0 aromatic heterocycles. The predicted molar refractivity (Wildman–Crippen MR) is 76.1 cm³/mol. The van der Waals surface area contributed by atoms with Crippen molar-refractivity contribution in [2.24, 2.45) is 0 Å². The van der Waals surface area contributed by atoms with Gasteiger partial charge >= 0.3 is 0 Å². The molecule has 0 unspecified atom stereocenters. The summed E-state index contributed by atoms with van der Waals surface area (Å²) in [5.41, 5.74) is 0.373. The smallest absolute Gasteiger partial charge is 0.251 e. The van der Waals surface area contributed by atoms with Gasteiger partial charge in [-0.25, -0.2) is 4.39 Å². The summed E-state index contributed by atoms with van der Waals surface area (Å²) < 4.78 is 19.2. The third-order valence-electron chi connectivity index (χ3n) is 3.43. The van der Waals surface area contributed by atoms with Gasteiger partial charge in [0.1, 0.15) is 11.9 Å². The Labute approximate surface area is 123 Å². The molecule has 1 aliphatic carbocycles. The maximum atomic E-state index is 13.9. The Kier molecular flexibility index (Phi) is 5.00. The second-order valence-electron chi connectivity index (χ2n) is 5.00. The minimum Gasteiger partial charge on any atom is -0.369 e. The highest BCUT2D eigenvalue weighted by Crippen LogP contribution is 2.31. The van der Waals surface area contributed by atoms with Crippen LogP contribution in [0.3, 0.4) is 0 Å². The molecule has 1 aromatic rings. The Bertz CT molecular complexity index is 471. The summed E-state index contributed by atoms with van der Waals surface area (Å²) in [6.45, 7) is 4.25. The average molecular weight is 300 g/mol. The van der Waals surface area contributed by atoms with E-state index in [0.717, 1.165) is 12.8 Å². The molecule has 3 nitrogen and oxygen atoms in total. The molecule has 110 valence electrons. The fourth-order valence-electron chi connectivity index (χ4n) is 2.18. The van der Waals surface area contributed by atoms with Crippen LogP contribution in [-0.4, -0.2) is 29.6 Å². The van der Waals surface area contributed by atoms with Crippen LogP contribution in [0, 0.1) is 5.82 Å². The van der Waals surface area contributed by atoms with E-state index in [4.69, 9.17) is 16.3 Å². The lowest BCUT2D eigenvalue weighted by Crippen LogP contribution is -2.40. The molecule has 1 fully saturated rings. The van der Waals surface area contributed by atoms with E-state index in [9.17, 15) is 9.18 Å². The Morgan fingerprint density at radius 1 is 1.55 bits per heavy atom. The monoisotopic (exact) mass is 299 g/mol. The summed E-state index contributed by atoms with van der Waals surface area (Å²) in [6.07, 6.45) is 1.40. The van der Waals surface area contributed by atoms with Crippen LogP contribution in [0.2, 0.25) is 5.02 Å². The van der Waals surface area contributed by atoms with E-state index in [1.165, 1.54) is 6.07 Å². The van der Waals surface area contributed by atoms with Crippen molar-refractivity contribution >= 4 is 17.5 Å². The molecule has 0 bridgehead atoms. The maximum Gasteiger partial charge on any atom is 0.251 e. The summed E-state index contributed by atoms with van der Waals surface area (Å²) >= 11 is 6.03. The van der Waals surface area contributed by atoms with E-state index in [1.807, 2.05) is 6.92 Å². The minimum absolute atomic E-state index is 0.103. The largest absolute Gasteiger partial charge is 0.369 e. The molecule has 1 atom stereocenters. The molecular weight excluding hydrogens is 281 g/mol. The number of hydrogen-bond acceptors (Lipinski definition) is 2. The normalized spacial score (nSPS) is 16.0. The van der Waals surface area contributed by atoms with Crippen molar-refractivity contribution in [3.05, 3.63) is 34.6 Å². The fourth-order valence-corrected chi connectivity index (χ4v) is 2.40. The fraction of sp³-hybridized carbons (Fsp3) is 0.533. The van der Waals surface area contributed by atoms with E-state index in [1.54, 1.807) is 24.0 Å². The molecule has 0 saturated heterocycles. The Morgan fingerprint density at radius 2 is 2.25 bits per heavy atom. The van der Waals surface area contributed by atoms with Gasteiger partial charge < -0.3 is 9.64 Å². The van der Waals surface area contributed by atoms with Gasteiger partial charge in [-0.15, -0.1) is 0 Å². The second-order valence-corrected chi connectivity index (χ2v) is 5.40. The van der Waals surface area contributed by atoms with Gasteiger partial charge in [-0.2, -0.15) is 0 Å². The number of amides is 1. The highest BCUT2D eigenvalue weighted by atomic mass is 35.5. The topological polar surface area (TPSA) is 29.5 Å². The first-order chi connectivity index (χ1) is 9.54. The highest BCUT2D eigenvalue weighted by molar-refractivity contribution is 6.31. The summed E-state index contributed by atoms with van der Waals surface area (Å²) in [6, 6.07) is 4.75. The zero-order valence-corrected chi connectivity index (χ0v) is 12.5. The van der Waals surface area contributed by atoms with Gasteiger partial charge in [-0.05, 0) is 38.8 Å². The van der Waals surface area contributed by atoms with Gasteiger partial charge in [-0.1, -0.05) is 17.7 Å². The Balaban J connectivity index is 2.16. The number of benzene rings is 1. The van der Waals surface area contributed by atoms with Crippen molar-refractivity contribution in [3.8, 4) is 0 Å². The van der Waals surface area contributed by atoms with Crippen molar-refractivity contribution in [2.45, 2.75) is 45.4 Å². The number of halogens is 2. The van der Waals surface area contributed by atoms with E-state index in [2.05, 4.69) is 0 Å². The molecule has 1 aromatic carbocycles. The van der Waals surface area contributed by atoms with Crippen molar-refractivity contribution in [1.82, 2.24) is 4.90 Å². The third-order valence-corrected chi connectivity index (χ3v) is 3.78. The zero-order valence-electron chi connectivity index (χ0n) is 11.7. The quantitative estimate of drug-likeness (QED) is 0.806. The Hall–Kier alpha value is -1.13. The molecule has 5 heteroatoms. The van der Waals surface area contributed by atoms with Crippen molar-refractivity contribution in [1.29, 1.82) is 0 Å². The van der Waals surface area contributed by atoms with Crippen LogP contribution in [0.4, 0.5) is 4.39 Å². The molecule has 0 N–H and O–H groups in total. The number of hydrogen-bond donors (Lipinski definition) is 0. The highest BCUT2D eigenvalue weighted by Gasteiger charge is 2.35. The van der Waals surface area contributed by atoms with E-state index < -0.39 is 6.10 Å². The predicted octanol–water partition coefficient (Wildman–Crippen LogP) is 3.40. The molecule has 20 heavy (non-hydrogen) atoms. The van der Waals surface area contributed by atoms with Gasteiger partial charge in [0.15, 0.2) is 0 Å².